The van der Waals surface area contributed by atoms with Crippen LogP contribution in [0.25, 0.3) is 0 Å². The Balaban J connectivity index is 1.64. The molecule has 0 saturated carbocycles. The molecule has 0 radical (unpaired) electrons. The van der Waals surface area contributed by atoms with Gasteiger partial charge >= 0.3 is 5.97 Å². The highest BCUT2D eigenvalue weighted by atomic mass is 16.5. The van der Waals surface area contributed by atoms with Crippen molar-refractivity contribution in [3.8, 4) is 5.75 Å². The van der Waals surface area contributed by atoms with Crippen LogP contribution in [0.5, 0.6) is 5.75 Å². The van der Waals surface area contributed by atoms with Crippen LogP contribution in [0.4, 0.5) is 5.69 Å². The zero-order chi connectivity index (χ0) is 15.4. The number of carbonyl (C=O) groups is 1. The van der Waals surface area contributed by atoms with Gasteiger partial charge in [0.15, 0.2) is 0 Å². The fraction of sp³-hybridized carbons (Fsp3) is 0.235. The molecule has 2 aromatic rings. The normalized spacial score (nSPS) is 13.0. The van der Waals surface area contributed by atoms with Crippen LogP contribution in [0.3, 0.4) is 0 Å². The Morgan fingerprint density at radius 2 is 2.00 bits per heavy atom. The quantitative estimate of drug-likeness (QED) is 0.849. The number of methoxy groups -OCH3 is 1. The van der Waals surface area contributed by atoms with Crippen molar-refractivity contribution in [1.29, 1.82) is 0 Å². The highest BCUT2D eigenvalue weighted by Gasteiger charge is 2.13. The Bertz CT molecular complexity index is 668. The number of fused-ring (bicyclic) bond motifs is 1. The number of benzene rings is 2. The number of nitrogens with one attached hydrogen (secondary N) is 2. The molecule has 2 N–H and O–H groups in total. The lowest BCUT2D eigenvalue weighted by molar-refractivity contribution is 0.0472. The summed E-state index contributed by atoms with van der Waals surface area (Å²) in [6.07, 6.45) is 0. The van der Waals surface area contributed by atoms with Gasteiger partial charge in [0.25, 0.3) is 0 Å². The summed E-state index contributed by atoms with van der Waals surface area (Å²) >= 11 is 0. The molecule has 0 fully saturated rings. The van der Waals surface area contributed by atoms with E-state index in [-0.39, 0.29) is 12.6 Å². The number of rotatable bonds is 4. The molecule has 1 heterocycles. The molecule has 114 valence electrons. The minimum absolute atomic E-state index is 0.246. The third-order valence-corrected chi connectivity index (χ3v) is 3.59. The van der Waals surface area contributed by atoms with Crippen LogP contribution in [-0.4, -0.2) is 19.7 Å². The Labute approximate surface area is 129 Å². The number of ether oxygens (including phenoxy) is 2. The summed E-state index contributed by atoms with van der Waals surface area (Å²) in [4.78, 5) is 12.1. The SMILES string of the molecule is COc1ccc(COC(=O)c2ccc3c(c2)CNCN3)cc1. The Morgan fingerprint density at radius 1 is 1.18 bits per heavy atom. The lowest BCUT2D eigenvalue weighted by Crippen LogP contribution is -2.27. The third kappa shape index (κ3) is 3.20. The van der Waals surface area contributed by atoms with Gasteiger partial charge in [0.2, 0.25) is 0 Å². The van der Waals surface area contributed by atoms with Gasteiger partial charge in [-0.2, -0.15) is 0 Å². The number of hydrogen-bond donors (Lipinski definition) is 2. The van der Waals surface area contributed by atoms with E-state index in [0.29, 0.717) is 5.56 Å². The van der Waals surface area contributed by atoms with E-state index in [9.17, 15) is 4.79 Å². The molecule has 1 aliphatic rings. The Morgan fingerprint density at radius 3 is 2.77 bits per heavy atom. The number of esters is 1. The largest absolute Gasteiger partial charge is 0.497 e. The van der Waals surface area contributed by atoms with Gasteiger partial charge in [0.1, 0.15) is 12.4 Å². The van der Waals surface area contributed by atoms with E-state index in [2.05, 4.69) is 10.6 Å². The van der Waals surface area contributed by atoms with E-state index in [4.69, 9.17) is 9.47 Å². The van der Waals surface area contributed by atoms with Gasteiger partial charge in [-0.3, -0.25) is 5.32 Å². The molecule has 0 aliphatic carbocycles. The molecule has 0 saturated heterocycles. The second-order valence-electron chi connectivity index (χ2n) is 5.08. The van der Waals surface area contributed by atoms with Gasteiger partial charge in [-0.1, -0.05) is 12.1 Å². The summed E-state index contributed by atoms with van der Waals surface area (Å²) in [6, 6.07) is 13.0. The van der Waals surface area contributed by atoms with Crippen molar-refractivity contribution in [1.82, 2.24) is 5.32 Å². The molecule has 0 amide bonds. The molecule has 1 aliphatic heterocycles. The van der Waals surface area contributed by atoms with Crippen LogP contribution in [-0.2, 0) is 17.9 Å². The van der Waals surface area contributed by atoms with E-state index in [1.807, 2.05) is 36.4 Å². The van der Waals surface area contributed by atoms with E-state index in [1.54, 1.807) is 13.2 Å². The molecule has 2 aromatic carbocycles. The molecule has 22 heavy (non-hydrogen) atoms. The van der Waals surface area contributed by atoms with Gasteiger partial charge in [-0.15, -0.1) is 0 Å². The first-order valence-electron chi connectivity index (χ1n) is 7.14. The van der Waals surface area contributed by atoms with Crippen molar-refractivity contribution in [2.24, 2.45) is 0 Å². The molecular formula is C17H18N2O3. The summed E-state index contributed by atoms with van der Waals surface area (Å²) in [6.45, 7) is 1.74. The molecule has 3 rings (SSSR count). The maximum Gasteiger partial charge on any atom is 0.338 e. The number of hydrogen-bond acceptors (Lipinski definition) is 5. The fourth-order valence-corrected chi connectivity index (χ4v) is 2.35. The zero-order valence-corrected chi connectivity index (χ0v) is 12.4. The molecule has 0 bridgehead atoms. The summed E-state index contributed by atoms with van der Waals surface area (Å²) < 4.78 is 10.5. The van der Waals surface area contributed by atoms with E-state index < -0.39 is 0 Å². The first-order chi connectivity index (χ1) is 10.8. The lowest BCUT2D eigenvalue weighted by atomic mass is 10.1. The van der Waals surface area contributed by atoms with Crippen molar-refractivity contribution in [3.63, 3.8) is 0 Å². The van der Waals surface area contributed by atoms with Gasteiger partial charge < -0.3 is 14.8 Å². The smallest absolute Gasteiger partial charge is 0.338 e. The number of anilines is 1. The van der Waals surface area contributed by atoms with E-state index in [0.717, 1.165) is 35.8 Å². The molecule has 0 aromatic heterocycles. The predicted octanol–water partition coefficient (Wildman–Crippen LogP) is 2.52. The monoisotopic (exact) mass is 298 g/mol. The molecule has 5 nitrogen and oxygen atoms in total. The van der Waals surface area contributed by atoms with Crippen molar-refractivity contribution in [3.05, 3.63) is 59.2 Å². The molecule has 0 atom stereocenters. The van der Waals surface area contributed by atoms with E-state index in [1.165, 1.54) is 0 Å². The minimum atomic E-state index is -0.316. The average molecular weight is 298 g/mol. The van der Waals surface area contributed by atoms with Crippen LogP contribution >= 0.6 is 0 Å². The molecule has 0 unspecified atom stereocenters. The van der Waals surface area contributed by atoms with Crippen LogP contribution in [0.2, 0.25) is 0 Å². The fourth-order valence-electron chi connectivity index (χ4n) is 2.35. The van der Waals surface area contributed by atoms with Gasteiger partial charge in [-0.25, -0.2) is 4.79 Å². The Hall–Kier alpha value is -2.53. The van der Waals surface area contributed by atoms with Crippen molar-refractivity contribution < 1.29 is 14.3 Å². The van der Waals surface area contributed by atoms with E-state index >= 15 is 0 Å². The van der Waals surface area contributed by atoms with Crippen LogP contribution in [0.1, 0.15) is 21.5 Å². The minimum Gasteiger partial charge on any atom is -0.497 e. The second-order valence-corrected chi connectivity index (χ2v) is 5.08. The third-order valence-electron chi connectivity index (χ3n) is 3.59. The summed E-state index contributed by atoms with van der Waals surface area (Å²) in [5.74, 6) is 0.467. The van der Waals surface area contributed by atoms with Crippen molar-refractivity contribution in [2.75, 3.05) is 19.1 Å². The molecular weight excluding hydrogens is 280 g/mol. The van der Waals surface area contributed by atoms with Crippen LogP contribution in [0.15, 0.2) is 42.5 Å². The lowest BCUT2D eigenvalue weighted by Gasteiger charge is -2.19. The van der Waals surface area contributed by atoms with Gasteiger partial charge in [-0.05, 0) is 41.5 Å². The maximum atomic E-state index is 12.1. The summed E-state index contributed by atoms with van der Waals surface area (Å²) in [5, 5.41) is 6.42. The van der Waals surface area contributed by atoms with Gasteiger partial charge in [0.05, 0.1) is 19.3 Å². The zero-order valence-electron chi connectivity index (χ0n) is 12.4. The average Bonchev–Trinajstić information content (AvgIpc) is 2.59. The van der Waals surface area contributed by atoms with Gasteiger partial charge in [0, 0.05) is 12.2 Å². The maximum absolute atomic E-state index is 12.1. The summed E-state index contributed by atoms with van der Waals surface area (Å²) in [5.41, 5.74) is 3.63. The standard InChI is InChI=1S/C17H18N2O3/c1-21-15-5-2-12(3-6-15)10-22-17(20)13-4-7-16-14(8-13)9-18-11-19-16/h2-8,18-19H,9-11H2,1H3. The highest BCUT2D eigenvalue weighted by molar-refractivity contribution is 5.90. The van der Waals surface area contributed by atoms with Crippen LogP contribution in [0, 0.1) is 0 Å². The molecule has 0 spiro atoms. The topological polar surface area (TPSA) is 59.6 Å². The first kappa shape index (κ1) is 14.4. The predicted molar refractivity (Wildman–Crippen MR) is 83.9 cm³/mol. The second kappa shape index (κ2) is 6.49. The Kier molecular flexibility index (Phi) is 4.25. The first-order valence-corrected chi connectivity index (χ1v) is 7.14. The highest BCUT2D eigenvalue weighted by Crippen LogP contribution is 2.20. The van der Waals surface area contributed by atoms with Crippen molar-refractivity contribution >= 4 is 11.7 Å². The van der Waals surface area contributed by atoms with Crippen molar-refractivity contribution in [2.45, 2.75) is 13.2 Å². The number of carbonyl (C=O) groups excluding carboxylic acids is 1. The van der Waals surface area contributed by atoms with Crippen LogP contribution < -0.4 is 15.4 Å². The summed E-state index contributed by atoms with van der Waals surface area (Å²) in [7, 11) is 1.62. The molecule has 5 heteroatoms.